The summed E-state index contributed by atoms with van der Waals surface area (Å²) >= 11 is 1.57. The number of carboxylic acid groups (broad SMARTS) is 1. The summed E-state index contributed by atoms with van der Waals surface area (Å²) in [7, 11) is 0. The molecule has 37 heavy (non-hydrogen) atoms. The lowest BCUT2D eigenvalue weighted by atomic mass is 9.90. The summed E-state index contributed by atoms with van der Waals surface area (Å²) in [5.74, 6) is 0.332. The molecular weight excluding hydrogens is 484 g/mol. The lowest BCUT2D eigenvalue weighted by molar-refractivity contribution is -0.142. The number of aliphatic carboxylic acids is 1. The van der Waals surface area contributed by atoms with E-state index >= 15 is 0 Å². The van der Waals surface area contributed by atoms with Crippen molar-refractivity contribution in [2.24, 2.45) is 5.92 Å². The summed E-state index contributed by atoms with van der Waals surface area (Å²) < 4.78 is 6.11. The molecule has 2 aromatic carbocycles. The third kappa shape index (κ3) is 7.41. The Labute approximate surface area is 223 Å². The molecule has 0 unspecified atom stereocenters. The van der Waals surface area contributed by atoms with Crippen LogP contribution in [0.2, 0.25) is 0 Å². The molecule has 0 atom stereocenters. The molecule has 196 valence electrons. The van der Waals surface area contributed by atoms with Crippen molar-refractivity contribution in [3.63, 3.8) is 0 Å². The first-order valence-corrected chi connectivity index (χ1v) is 14.2. The van der Waals surface area contributed by atoms with Crippen LogP contribution in [0.15, 0.2) is 53.4 Å². The van der Waals surface area contributed by atoms with Gasteiger partial charge in [-0.05, 0) is 74.4 Å². The predicted octanol–water partition coefficient (Wildman–Crippen LogP) is 6.97. The number of amides is 1. The molecule has 0 radical (unpaired) electrons. The van der Waals surface area contributed by atoms with E-state index in [0.29, 0.717) is 6.61 Å². The largest absolute Gasteiger partial charge is 0.488 e. The lowest BCUT2D eigenvalue weighted by Gasteiger charge is -2.27. The number of aromatic nitrogens is 1. The number of carboxylic acids is 1. The second kappa shape index (κ2) is 13.4. The summed E-state index contributed by atoms with van der Waals surface area (Å²) in [6.45, 7) is 4.25. The van der Waals surface area contributed by atoms with Gasteiger partial charge in [0.15, 0.2) is 0 Å². The monoisotopic (exact) mass is 520 g/mol. The van der Waals surface area contributed by atoms with Crippen LogP contribution in [0.1, 0.15) is 72.9 Å². The van der Waals surface area contributed by atoms with Crippen LogP contribution in [0.3, 0.4) is 0 Å². The van der Waals surface area contributed by atoms with Crippen LogP contribution in [0, 0.1) is 12.8 Å². The van der Waals surface area contributed by atoms with Gasteiger partial charge in [-0.2, -0.15) is 0 Å². The fourth-order valence-corrected chi connectivity index (χ4v) is 5.48. The maximum absolute atomic E-state index is 12.7. The van der Waals surface area contributed by atoms with Gasteiger partial charge in [0, 0.05) is 29.6 Å². The molecule has 6 nitrogen and oxygen atoms in total. The number of hydrogen-bond acceptors (Lipinski definition) is 5. The highest BCUT2D eigenvalue weighted by molar-refractivity contribution is 7.07. The topological polar surface area (TPSA) is 79.7 Å². The fraction of sp³-hybridized carbons (Fsp3) is 0.433. The van der Waals surface area contributed by atoms with Crippen molar-refractivity contribution in [2.45, 2.75) is 64.9 Å². The summed E-state index contributed by atoms with van der Waals surface area (Å²) in [4.78, 5) is 29.4. The average Bonchev–Trinajstić information content (AvgIpc) is 3.48. The second-order valence-electron chi connectivity index (χ2n) is 9.83. The van der Waals surface area contributed by atoms with Crippen molar-refractivity contribution < 1.29 is 19.4 Å². The number of rotatable bonds is 6. The number of thiazole rings is 1. The minimum atomic E-state index is -0.602. The SMILES string of the molecule is Cc1cc(C(=O)N2CCCCC2)ccc1COc1ccccc1-c1cscn1.O=C(O)C1CCCCC1. The zero-order chi connectivity index (χ0) is 26.0. The zero-order valence-corrected chi connectivity index (χ0v) is 22.3. The summed E-state index contributed by atoms with van der Waals surface area (Å²) in [6, 6.07) is 13.9. The first-order chi connectivity index (χ1) is 18.0. The van der Waals surface area contributed by atoms with Gasteiger partial charge in [0.1, 0.15) is 12.4 Å². The smallest absolute Gasteiger partial charge is 0.306 e. The molecule has 0 spiro atoms. The van der Waals surface area contributed by atoms with Crippen LogP contribution in [-0.4, -0.2) is 40.0 Å². The molecule has 1 saturated heterocycles. The summed E-state index contributed by atoms with van der Waals surface area (Å²) in [5.41, 5.74) is 6.69. The highest BCUT2D eigenvalue weighted by atomic mass is 32.1. The van der Waals surface area contributed by atoms with Gasteiger partial charge in [-0.3, -0.25) is 9.59 Å². The van der Waals surface area contributed by atoms with Crippen molar-refractivity contribution in [1.29, 1.82) is 0 Å². The number of carbonyl (C=O) groups excluding carboxylic acids is 1. The van der Waals surface area contributed by atoms with Crippen LogP contribution in [0.4, 0.5) is 0 Å². The second-order valence-corrected chi connectivity index (χ2v) is 10.5. The number of hydrogen-bond donors (Lipinski definition) is 1. The highest BCUT2D eigenvalue weighted by Gasteiger charge is 2.20. The Hall–Kier alpha value is -3.19. The van der Waals surface area contributed by atoms with Gasteiger partial charge in [0.25, 0.3) is 5.91 Å². The molecule has 0 bridgehead atoms. The van der Waals surface area contributed by atoms with Crippen molar-refractivity contribution in [3.05, 3.63) is 70.0 Å². The standard InChI is InChI=1S/C23H24N2O2S.C7H12O2/c1-17-13-18(23(26)25-11-5-2-6-12-25)9-10-19(17)14-27-22-8-4-3-7-20(22)21-15-28-16-24-21;8-7(9)6-4-2-1-3-5-6/h3-4,7-10,13,15-16H,2,5-6,11-12,14H2,1H3;6H,1-5H2,(H,8,9). The van der Waals surface area contributed by atoms with Crippen molar-refractivity contribution in [3.8, 4) is 17.0 Å². The van der Waals surface area contributed by atoms with Crippen molar-refractivity contribution in [1.82, 2.24) is 9.88 Å². The third-order valence-electron chi connectivity index (χ3n) is 7.17. The fourth-order valence-electron chi connectivity index (χ4n) is 4.93. The maximum Gasteiger partial charge on any atom is 0.306 e. The first kappa shape index (κ1) is 26.9. The number of para-hydroxylation sites is 1. The first-order valence-electron chi connectivity index (χ1n) is 13.2. The Balaban J connectivity index is 0.000000301. The van der Waals surface area contributed by atoms with E-state index in [4.69, 9.17) is 9.84 Å². The Bertz CT molecular complexity index is 1170. The van der Waals surface area contributed by atoms with E-state index in [1.807, 2.05) is 65.2 Å². The van der Waals surface area contributed by atoms with Crippen LogP contribution in [0.25, 0.3) is 11.3 Å². The molecule has 7 heteroatoms. The highest BCUT2D eigenvalue weighted by Crippen LogP contribution is 2.30. The van der Waals surface area contributed by atoms with Crippen molar-refractivity contribution >= 4 is 23.2 Å². The molecule has 1 aromatic heterocycles. The van der Waals surface area contributed by atoms with E-state index in [1.165, 1.54) is 12.8 Å². The molecular formula is C30H36N2O4S. The van der Waals surface area contributed by atoms with Gasteiger partial charge in [-0.25, -0.2) is 4.98 Å². The number of carbonyl (C=O) groups is 2. The van der Waals surface area contributed by atoms with Crippen molar-refractivity contribution in [2.75, 3.05) is 13.1 Å². The summed E-state index contributed by atoms with van der Waals surface area (Å²) in [5, 5.41) is 10.6. The van der Waals surface area contributed by atoms with Crippen LogP contribution in [-0.2, 0) is 11.4 Å². The average molecular weight is 521 g/mol. The molecule has 1 N–H and O–H groups in total. The molecule has 2 heterocycles. The molecule has 1 amide bonds. The predicted molar refractivity (Wildman–Crippen MR) is 147 cm³/mol. The maximum atomic E-state index is 12.7. The van der Waals surface area contributed by atoms with Gasteiger partial charge >= 0.3 is 5.97 Å². The van der Waals surface area contributed by atoms with Crippen LogP contribution in [0.5, 0.6) is 5.75 Å². The Morgan fingerprint density at radius 3 is 2.41 bits per heavy atom. The zero-order valence-electron chi connectivity index (χ0n) is 21.5. The number of nitrogens with zero attached hydrogens (tertiary/aromatic N) is 2. The van der Waals surface area contributed by atoms with Gasteiger partial charge < -0.3 is 14.7 Å². The van der Waals surface area contributed by atoms with Gasteiger partial charge in [0.2, 0.25) is 0 Å². The van der Waals surface area contributed by atoms with E-state index in [0.717, 1.165) is 85.3 Å². The van der Waals surface area contributed by atoms with E-state index in [9.17, 15) is 9.59 Å². The lowest BCUT2D eigenvalue weighted by Crippen LogP contribution is -2.35. The van der Waals surface area contributed by atoms with Gasteiger partial charge in [-0.1, -0.05) is 37.5 Å². The molecule has 1 aliphatic carbocycles. The minimum Gasteiger partial charge on any atom is -0.488 e. The van der Waals surface area contributed by atoms with E-state index in [-0.39, 0.29) is 11.8 Å². The van der Waals surface area contributed by atoms with Crippen LogP contribution >= 0.6 is 11.3 Å². The van der Waals surface area contributed by atoms with Crippen LogP contribution < -0.4 is 4.74 Å². The molecule has 3 aromatic rings. The van der Waals surface area contributed by atoms with E-state index in [1.54, 1.807) is 11.3 Å². The molecule has 2 fully saturated rings. The van der Waals surface area contributed by atoms with E-state index in [2.05, 4.69) is 4.98 Å². The Morgan fingerprint density at radius 1 is 1.03 bits per heavy atom. The summed E-state index contributed by atoms with van der Waals surface area (Å²) in [6.07, 6.45) is 8.67. The third-order valence-corrected chi connectivity index (χ3v) is 7.75. The van der Waals surface area contributed by atoms with E-state index < -0.39 is 5.97 Å². The van der Waals surface area contributed by atoms with Gasteiger partial charge in [-0.15, -0.1) is 11.3 Å². The molecule has 5 rings (SSSR count). The number of likely N-dealkylation sites (tertiary alicyclic amines) is 1. The molecule has 2 aliphatic rings. The Morgan fingerprint density at radius 2 is 1.76 bits per heavy atom. The normalized spacial score (nSPS) is 16.0. The number of piperidine rings is 1. The number of benzene rings is 2. The number of aryl methyl sites for hydroxylation is 1. The quantitative estimate of drug-likeness (QED) is 0.379. The number of ether oxygens (including phenoxy) is 1. The van der Waals surface area contributed by atoms with Gasteiger partial charge in [0.05, 0.1) is 17.1 Å². The minimum absolute atomic E-state index is 0.0289. The Kier molecular flexibility index (Phi) is 9.71. The molecule has 1 aliphatic heterocycles. The molecule has 1 saturated carbocycles.